The first-order chi connectivity index (χ1) is 6.63. The zero-order valence-corrected chi connectivity index (χ0v) is 9.97. The molecule has 1 atom stereocenters. The fraction of sp³-hybridized carbons (Fsp3) is 0.364. The normalized spacial score (nSPS) is 12.2. The van der Waals surface area contributed by atoms with Crippen LogP contribution < -0.4 is 5.32 Å². The van der Waals surface area contributed by atoms with Crippen LogP contribution in [0.4, 0.5) is 0 Å². The lowest BCUT2D eigenvalue weighted by Gasteiger charge is -2.16. The summed E-state index contributed by atoms with van der Waals surface area (Å²) in [5.41, 5.74) is 1.14. The molecule has 0 heterocycles. The van der Waals surface area contributed by atoms with Crippen LogP contribution in [0, 0.1) is 0 Å². The van der Waals surface area contributed by atoms with Crippen molar-refractivity contribution in [1.29, 1.82) is 0 Å². The molecule has 0 aromatic heterocycles. The van der Waals surface area contributed by atoms with Gasteiger partial charge in [-0.2, -0.15) is 0 Å². The van der Waals surface area contributed by atoms with Crippen molar-refractivity contribution in [3.05, 3.63) is 34.3 Å². The number of nitrogens with one attached hydrogen (secondary N) is 1. The number of hydrogen-bond donors (Lipinski definition) is 1. The quantitative estimate of drug-likeness (QED) is 0.884. The first kappa shape index (κ1) is 11.2. The number of hydrogen-bond acceptors (Lipinski definition) is 1. The maximum Gasteiger partial charge on any atom is 0.217 e. The Kier molecular flexibility index (Phi) is 4.14. The molecule has 2 nitrogen and oxygen atoms in total. The van der Waals surface area contributed by atoms with Crippen molar-refractivity contribution in [2.75, 3.05) is 0 Å². The van der Waals surface area contributed by atoms with E-state index >= 15 is 0 Å². The van der Waals surface area contributed by atoms with Crippen LogP contribution in [0.25, 0.3) is 0 Å². The van der Waals surface area contributed by atoms with Crippen LogP contribution in [0.5, 0.6) is 0 Å². The van der Waals surface area contributed by atoms with E-state index in [1.165, 1.54) is 0 Å². The number of carbonyl (C=O) groups excluding carboxylic acids is 1. The number of benzene rings is 1. The largest absolute Gasteiger partial charge is 0.350 e. The van der Waals surface area contributed by atoms with Crippen molar-refractivity contribution < 1.29 is 4.79 Å². The van der Waals surface area contributed by atoms with Gasteiger partial charge >= 0.3 is 0 Å². The molecule has 14 heavy (non-hydrogen) atoms. The van der Waals surface area contributed by atoms with E-state index in [1.807, 2.05) is 24.3 Å². The number of amides is 1. The molecule has 3 heteroatoms. The SMILES string of the molecule is CCC(NC(C)=O)c1cccc(Br)c1. The minimum Gasteiger partial charge on any atom is -0.350 e. The van der Waals surface area contributed by atoms with Crippen LogP contribution in [-0.2, 0) is 4.79 Å². The minimum absolute atomic E-state index is 0.0109. The molecule has 1 unspecified atom stereocenters. The van der Waals surface area contributed by atoms with E-state index in [-0.39, 0.29) is 11.9 Å². The van der Waals surface area contributed by atoms with Crippen molar-refractivity contribution in [2.45, 2.75) is 26.3 Å². The average molecular weight is 256 g/mol. The van der Waals surface area contributed by atoms with Gasteiger partial charge in [0, 0.05) is 11.4 Å². The van der Waals surface area contributed by atoms with E-state index in [0.717, 1.165) is 16.5 Å². The molecule has 76 valence electrons. The molecule has 0 saturated heterocycles. The predicted octanol–water partition coefficient (Wildman–Crippen LogP) is 3.04. The van der Waals surface area contributed by atoms with Crippen LogP contribution >= 0.6 is 15.9 Å². The summed E-state index contributed by atoms with van der Waals surface area (Å²) in [4.78, 5) is 10.9. The smallest absolute Gasteiger partial charge is 0.217 e. The van der Waals surface area contributed by atoms with Crippen LogP contribution in [0.2, 0.25) is 0 Å². The van der Waals surface area contributed by atoms with E-state index in [9.17, 15) is 4.79 Å². The maximum atomic E-state index is 10.9. The lowest BCUT2D eigenvalue weighted by atomic mass is 10.0. The van der Waals surface area contributed by atoms with E-state index < -0.39 is 0 Å². The molecule has 1 amide bonds. The zero-order valence-electron chi connectivity index (χ0n) is 8.38. The van der Waals surface area contributed by atoms with Gasteiger partial charge in [0.1, 0.15) is 0 Å². The molecule has 1 rings (SSSR count). The van der Waals surface area contributed by atoms with Crippen molar-refractivity contribution in [2.24, 2.45) is 0 Å². The summed E-state index contributed by atoms with van der Waals surface area (Å²) >= 11 is 3.41. The second-order valence-electron chi connectivity index (χ2n) is 3.22. The molecule has 0 radical (unpaired) electrons. The van der Waals surface area contributed by atoms with Crippen molar-refractivity contribution in [1.82, 2.24) is 5.32 Å². The third-order valence-electron chi connectivity index (χ3n) is 2.04. The van der Waals surface area contributed by atoms with Crippen molar-refractivity contribution >= 4 is 21.8 Å². The fourth-order valence-electron chi connectivity index (χ4n) is 1.39. The summed E-state index contributed by atoms with van der Waals surface area (Å²) in [6, 6.07) is 8.12. The first-order valence-electron chi connectivity index (χ1n) is 4.66. The Hall–Kier alpha value is -0.830. The van der Waals surface area contributed by atoms with Gasteiger partial charge in [0.05, 0.1) is 6.04 Å². The summed E-state index contributed by atoms with van der Waals surface area (Å²) in [5.74, 6) is 0.0109. The van der Waals surface area contributed by atoms with Gasteiger partial charge in [-0.15, -0.1) is 0 Å². The standard InChI is InChI=1S/C11H14BrNO/c1-3-11(13-8(2)14)9-5-4-6-10(12)7-9/h4-7,11H,3H2,1-2H3,(H,13,14). The molecule has 0 aliphatic heterocycles. The summed E-state index contributed by atoms with van der Waals surface area (Å²) in [6.07, 6.45) is 0.899. The third kappa shape index (κ3) is 3.14. The van der Waals surface area contributed by atoms with E-state index in [2.05, 4.69) is 28.2 Å². The highest BCUT2D eigenvalue weighted by Crippen LogP contribution is 2.20. The monoisotopic (exact) mass is 255 g/mol. The summed E-state index contributed by atoms with van der Waals surface area (Å²) in [5, 5.41) is 2.91. The first-order valence-corrected chi connectivity index (χ1v) is 5.45. The van der Waals surface area contributed by atoms with Gasteiger partial charge in [0.2, 0.25) is 5.91 Å². The molecule has 0 aliphatic rings. The molecule has 1 aromatic carbocycles. The summed E-state index contributed by atoms with van der Waals surface area (Å²) in [6.45, 7) is 3.60. The van der Waals surface area contributed by atoms with Crippen molar-refractivity contribution in [3.63, 3.8) is 0 Å². The third-order valence-corrected chi connectivity index (χ3v) is 2.53. The minimum atomic E-state index is 0.0109. The topological polar surface area (TPSA) is 29.1 Å². The Balaban J connectivity index is 2.83. The Bertz CT molecular complexity index is 325. The second kappa shape index (κ2) is 5.15. The molecule has 0 spiro atoms. The predicted molar refractivity (Wildman–Crippen MR) is 61.0 cm³/mol. The van der Waals surface area contributed by atoms with Gasteiger partial charge in [-0.25, -0.2) is 0 Å². The molecule has 0 bridgehead atoms. The molecule has 0 aliphatic carbocycles. The maximum absolute atomic E-state index is 10.9. The number of rotatable bonds is 3. The van der Waals surface area contributed by atoms with Gasteiger partial charge < -0.3 is 5.32 Å². The number of halogens is 1. The highest BCUT2D eigenvalue weighted by Gasteiger charge is 2.09. The van der Waals surface area contributed by atoms with Crippen LogP contribution in [-0.4, -0.2) is 5.91 Å². The fourth-order valence-corrected chi connectivity index (χ4v) is 1.81. The average Bonchev–Trinajstić information content (AvgIpc) is 2.14. The van der Waals surface area contributed by atoms with Gasteiger partial charge in [0.15, 0.2) is 0 Å². The van der Waals surface area contributed by atoms with Gasteiger partial charge in [0.25, 0.3) is 0 Å². The molecule has 1 N–H and O–H groups in total. The highest BCUT2D eigenvalue weighted by atomic mass is 79.9. The molecular formula is C11H14BrNO. The number of carbonyl (C=O) groups is 1. The van der Waals surface area contributed by atoms with Gasteiger partial charge in [-0.3, -0.25) is 4.79 Å². The van der Waals surface area contributed by atoms with Crippen LogP contribution in [0.3, 0.4) is 0 Å². The molecule has 0 saturated carbocycles. The zero-order chi connectivity index (χ0) is 10.6. The molecule has 1 aromatic rings. The van der Waals surface area contributed by atoms with E-state index in [4.69, 9.17) is 0 Å². The van der Waals surface area contributed by atoms with Crippen molar-refractivity contribution in [3.8, 4) is 0 Å². The summed E-state index contributed by atoms with van der Waals surface area (Å²) < 4.78 is 1.04. The van der Waals surface area contributed by atoms with Gasteiger partial charge in [-0.05, 0) is 24.1 Å². The Morgan fingerprint density at radius 3 is 2.79 bits per heavy atom. The van der Waals surface area contributed by atoms with E-state index in [0.29, 0.717) is 0 Å². The lowest BCUT2D eigenvalue weighted by Crippen LogP contribution is -2.25. The molecular weight excluding hydrogens is 242 g/mol. The van der Waals surface area contributed by atoms with E-state index in [1.54, 1.807) is 6.92 Å². The van der Waals surface area contributed by atoms with Crippen LogP contribution in [0.15, 0.2) is 28.7 Å². The highest BCUT2D eigenvalue weighted by molar-refractivity contribution is 9.10. The summed E-state index contributed by atoms with van der Waals surface area (Å²) in [7, 11) is 0. The molecule has 0 fully saturated rings. The van der Waals surface area contributed by atoms with Gasteiger partial charge in [-0.1, -0.05) is 35.0 Å². The Labute approximate surface area is 92.8 Å². The Morgan fingerprint density at radius 2 is 2.29 bits per heavy atom. The Morgan fingerprint density at radius 1 is 1.57 bits per heavy atom. The lowest BCUT2D eigenvalue weighted by molar-refractivity contribution is -0.119. The van der Waals surface area contributed by atoms with Crippen LogP contribution in [0.1, 0.15) is 31.9 Å². The second-order valence-corrected chi connectivity index (χ2v) is 4.13.